The lowest BCUT2D eigenvalue weighted by atomic mass is 9.94. The smallest absolute Gasteiger partial charge is 0.296 e. The first-order valence-electron chi connectivity index (χ1n) is 13.6. The summed E-state index contributed by atoms with van der Waals surface area (Å²) in [6.45, 7) is 1.16. The van der Waals surface area contributed by atoms with Gasteiger partial charge in [-0.05, 0) is 72.3 Å². The van der Waals surface area contributed by atoms with Crippen LogP contribution in [0.1, 0.15) is 18.1 Å². The summed E-state index contributed by atoms with van der Waals surface area (Å²) < 4.78 is 134. The van der Waals surface area contributed by atoms with E-state index in [1.807, 2.05) is 0 Å². The van der Waals surface area contributed by atoms with Crippen LogP contribution in [0.4, 0.5) is 22.7 Å². The van der Waals surface area contributed by atoms with Crippen LogP contribution in [0.3, 0.4) is 0 Å². The highest BCUT2D eigenvalue weighted by atomic mass is 32.2. The second kappa shape index (κ2) is 13.1. The van der Waals surface area contributed by atoms with Crippen LogP contribution in [0, 0.1) is 0 Å². The molecule has 0 fully saturated rings. The highest BCUT2D eigenvalue weighted by Crippen LogP contribution is 2.37. The number of hydrazone groups is 1. The van der Waals surface area contributed by atoms with Crippen LogP contribution in [-0.2, 0) is 51.7 Å². The van der Waals surface area contributed by atoms with Crippen LogP contribution < -0.4 is 10.7 Å². The van der Waals surface area contributed by atoms with Crippen molar-refractivity contribution in [3.8, 4) is 0 Å². The Morgan fingerprint density at radius 2 is 1.30 bits per heavy atom. The van der Waals surface area contributed by atoms with E-state index in [4.69, 9.17) is 0 Å². The van der Waals surface area contributed by atoms with E-state index in [1.165, 1.54) is 36.4 Å². The molecule has 0 saturated carbocycles. The van der Waals surface area contributed by atoms with Crippen LogP contribution >= 0.6 is 0 Å². The molecule has 0 saturated heterocycles. The summed E-state index contributed by atoms with van der Waals surface area (Å²) in [5.41, 5.74) is 2.24. The summed E-state index contributed by atoms with van der Waals surface area (Å²) in [4.78, 5) is 9.35. The molecule has 50 heavy (non-hydrogen) atoms. The van der Waals surface area contributed by atoms with Crippen molar-refractivity contribution in [2.45, 2.75) is 28.0 Å². The van der Waals surface area contributed by atoms with Crippen LogP contribution in [0.5, 0.6) is 0 Å². The summed E-state index contributed by atoms with van der Waals surface area (Å²) in [7, 11) is -19.2. The van der Waals surface area contributed by atoms with Gasteiger partial charge in [-0.15, -0.1) is 5.11 Å². The van der Waals surface area contributed by atoms with Gasteiger partial charge in [0, 0.05) is 35.4 Å². The third-order valence-electron chi connectivity index (χ3n) is 7.07. The Kier molecular flexibility index (Phi) is 9.50. The molecule has 0 bridgehead atoms. The van der Waals surface area contributed by atoms with E-state index < -0.39 is 73.2 Å². The molecule has 0 unspecified atom stereocenters. The zero-order valence-corrected chi connectivity index (χ0v) is 28.3. The van der Waals surface area contributed by atoms with Gasteiger partial charge in [0.25, 0.3) is 40.5 Å². The van der Waals surface area contributed by atoms with E-state index in [9.17, 15) is 56.7 Å². The van der Waals surface area contributed by atoms with Gasteiger partial charge in [-0.3, -0.25) is 28.4 Å². The zero-order chi connectivity index (χ0) is 36.8. The maximum atomic E-state index is 12.4. The van der Waals surface area contributed by atoms with Crippen molar-refractivity contribution in [2.75, 3.05) is 10.7 Å². The Labute approximate surface area is 284 Å². The Morgan fingerprint density at radius 1 is 0.680 bits per heavy atom. The van der Waals surface area contributed by atoms with Crippen molar-refractivity contribution in [3.05, 3.63) is 82.8 Å². The summed E-state index contributed by atoms with van der Waals surface area (Å²) in [6.07, 6.45) is 0.243. The normalized spacial score (nSPS) is 14.8. The summed E-state index contributed by atoms with van der Waals surface area (Å²) in [6, 6.07) is 12.9. The lowest BCUT2D eigenvalue weighted by Crippen LogP contribution is -2.23. The lowest BCUT2D eigenvalue weighted by Gasteiger charge is -2.22. The minimum atomic E-state index is -5.10. The van der Waals surface area contributed by atoms with Crippen LogP contribution in [0.25, 0.3) is 16.8 Å². The molecule has 18 nitrogen and oxygen atoms in total. The molecular formula is C28H23N5O13S4. The molecule has 0 heterocycles. The van der Waals surface area contributed by atoms with Gasteiger partial charge in [-0.1, -0.05) is 6.07 Å². The van der Waals surface area contributed by atoms with Gasteiger partial charge in [-0.25, -0.2) is 0 Å². The van der Waals surface area contributed by atoms with Crippen molar-refractivity contribution < 1.29 is 56.7 Å². The SMILES string of the molecule is CC(=O)Nc1ccc(S(=O)(=O)O)c2c1C/C(=N\Nc1ccc(N=Nc3ccc(S(=O)(=O)O)cc3)c3ccc(S(=O)(=O)O)cc13)C(S(=O)(=O)O)=C2. The molecule has 0 aromatic heterocycles. The number of hydrogen-bond donors (Lipinski definition) is 6. The predicted molar refractivity (Wildman–Crippen MR) is 179 cm³/mol. The molecule has 1 aliphatic rings. The van der Waals surface area contributed by atoms with E-state index in [0.717, 1.165) is 43.3 Å². The van der Waals surface area contributed by atoms with Crippen molar-refractivity contribution in [1.82, 2.24) is 0 Å². The molecule has 0 aliphatic heterocycles. The summed E-state index contributed by atoms with van der Waals surface area (Å²) in [5, 5.41) is 15.0. The standard InChI is InChI=1S/C28H23N5O13S4/c1-15(34)29-23-10-11-27(49(41,42)43)22-14-28(50(44,45)46)26(13-21(22)23)33-32-25-9-8-24(19-7-6-18(12-20(19)25)48(38,39)40)31-30-16-2-4-17(5-3-16)47(35,36)37/h2-12,14,32H,13H2,1H3,(H,29,34)(H,35,36,37)(H,38,39,40)(H,41,42,43)(H,44,45,46)/b31-30?,33-26+. The number of rotatable bonds is 9. The first-order valence-corrected chi connectivity index (χ1v) is 19.4. The Hall–Kier alpha value is -4.94. The monoisotopic (exact) mass is 765 g/mol. The highest BCUT2D eigenvalue weighted by Gasteiger charge is 2.31. The zero-order valence-electron chi connectivity index (χ0n) is 25.1. The average Bonchev–Trinajstić information content (AvgIpc) is 3.00. The Balaban J connectivity index is 1.63. The van der Waals surface area contributed by atoms with Crippen LogP contribution in [0.2, 0.25) is 0 Å². The van der Waals surface area contributed by atoms with Crippen LogP contribution in [-0.4, -0.2) is 63.5 Å². The average molecular weight is 766 g/mol. The third-order valence-corrected chi connectivity index (χ3v) is 10.6. The van der Waals surface area contributed by atoms with E-state index >= 15 is 0 Å². The predicted octanol–water partition coefficient (Wildman–Crippen LogP) is 4.21. The molecule has 4 aromatic carbocycles. The third kappa shape index (κ3) is 7.92. The van der Waals surface area contributed by atoms with Crippen molar-refractivity contribution in [1.29, 1.82) is 0 Å². The van der Waals surface area contributed by atoms with Gasteiger partial charge >= 0.3 is 0 Å². The lowest BCUT2D eigenvalue weighted by molar-refractivity contribution is -0.114. The Bertz CT molecular complexity index is 2640. The fourth-order valence-corrected chi connectivity index (χ4v) is 7.26. The number of anilines is 2. The van der Waals surface area contributed by atoms with E-state index in [0.29, 0.717) is 0 Å². The highest BCUT2D eigenvalue weighted by molar-refractivity contribution is 7.91. The van der Waals surface area contributed by atoms with Gasteiger partial charge in [0.05, 0.1) is 32.6 Å². The number of fused-ring (bicyclic) bond motifs is 2. The second-order valence-corrected chi connectivity index (χ2v) is 16.1. The maximum Gasteiger partial charge on any atom is 0.296 e. The summed E-state index contributed by atoms with van der Waals surface area (Å²) in [5.74, 6) is -0.568. The maximum absolute atomic E-state index is 12.4. The molecule has 1 amide bonds. The topological polar surface area (TPSA) is 296 Å². The number of amides is 1. The molecule has 0 radical (unpaired) electrons. The van der Waals surface area contributed by atoms with Gasteiger partial charge in [-0.2, -0.15) is 43.9 Å². The van der Waals surface area contributed by atoms with Crippen molar-refractivity contribution in [3.63, 3.8) is 0 Å². The molecule has 5 rings (SSSR count). The second-order valence-electron chi connectivity index (χ2n) is 10.5. The van der Waals surface area contributed by atoms with Gasteiger partial charge in [0.2, 0.25) is 5.91 Å². The number of carbonyl (C=O) groups excluding carboxylic acids is 1. The number of hydrogen-bond acceptors (Lipinski definition) is 13. The minimum absolute atomic E-state index is 0.0159. The van der Waals surface area contributed by atoms with Gasteiger partial charge < -0.3 is 5.32 Å². The number of azo groups is 1. The molecule has 6 N–H and O–H groups in total. The molecule has 0 atom stereocenters. The molecule has 0 spiro atoms. The van der Waals surface area contributed by atoms with Crippen molar-refractivity contribution >= 4 is 91.7 Å². The first kappa shape index (κ1) is 36.3. The van der Waals surface area contributed by atoms with Crippen molar-refractivity contribution in [2.24, 2.45) is 15.3 Å². The molecule has 1 aliphatic carbocycles. The fourth-order valence-electron chi connectivity index (χ4n) is 4.89. The van der Waals surface area contributed by atoms with Gasteiger partial charge in [0.1, 0.15) is 9.80 Å². The Morgan fingerprint density at radius 3 is 1.88 bits per heavy atom. The van der Waals surface area contributed by atoms with E-state index in [2.05, 4.69) is 26.1 Å². The number of benzene rings is 4. The quantitative estimate of drug-likeness (QED) is 0.0791. The molecule has 4 aromatic rings. The van der Waals surface area contributed by atoms with E-state index in [1.54, 1.807) is 0 Å². The summed E-state index contributed by atoms with van der Waals surface area (Å²) >= 11 is 0. The van der Waals surface area contributed by atoms with Crippen LogP contribution in [0.15, 0.2) is 102 Å². The molecule has 22 heteroatoms. The first-order chi connectivity index (χ1) is 23.1. The fraction of sp³-hybridized carbons (Fsp3) is 0.0714. The number of nitrogens with one attached hydrogen (secondary N) is 2. The minimum Gasteiger partial charge on any atom is -0.326 e. The molecular weight excluding hydrogens is 743 g/mol. The number of allylic oxidation sites excluding steroid dienone is 1. The largest absolute Gasteiger partial charge is 0.326 e. The number of nitrogens with zero attached hydrogens (tertiary/aromatic N) is 3. The van der Waals surface area contributed by atoms with Gasteiger partial charge in [0.15, 0.2) is 0 Å². The molecule has 262 valence electrons. The number of carbonyl (C=O) groups is 1. The van der Waals surface area contributed by atoms with E-state index in [-0.39, 0.29) is 49.5 Å².